The van der Waals surface area contributed by atoms with E-state index in [4.69, 9.17) is 10.5 Å². The maximum absolute atomic E-state index is 13.6. The van der Waals surface area contributed by atoms with Crippen molar-refractivity contribution in [2.45, 2.75) is 0 Å². The van der Waals surface area contributed by atoms with E-state index in [0.29, 0.717) is 22.7 Å². The van der Waals surface area contributed by atoms with Crippen LogP contribution in [0.2, 0.25) is 0 Å². The van der Waals surface area contributed by atoms with Crippen LogP contribution in [0.15, 0.2) is 24.5 Å². The summed E-state index contributed by atoms with van der Waals surface area (Å²) in [5.41, 5.74) is 7.15. The summed E-state index contributed by atoms with van der Waals surface area (Å²) in [5.74, 6) is 0.209. The van der Waals surface area contributed by atoms with E-state index in [2.05, 4.69) is 25.3 Å². The van der Waals surface area contributed by atoms with E-state index >= 15 is 0 Å². The van der Waals surface area contributed by atoms with Crippen molar-refractivity contribution in [2.75, 3.05) is 18.2 Å². The molecule has 0 unspecified atom stereocenters. The number of benzene rings is 1. The third-order valence-electron chi connectivity index (χ3n) is 2.72. The van der Waals surface area contributed by atoms with Gasteiger partial charge in [0.1, 0.15) is 5.52 Å². The second kappa shape index (κ2) is 4.65. The molecule has 20 heavy (non-hydrogen) atoms. The molecule has 2 heterocycles. The minimum atomic E-state index is -0.472. The number of rotatable bonds is 3. The van der Waals surface area contributed by atoms with Crippen molar-refractivity contribution < 1.29 is 9.13 Å². The third kappa shape index (κ3) is 2.07. The zero-order valence-corrected chi connectivity index (χ0v) is 10.5. The fraction of sp³-hybridized carbons (Fsp3) is 0.0833. The van der Waals surface area contributed by atoms with E-state index in [1.807, 2.05) is 0 Å². The molecule has 0 atom stereocenters. The van der Waals surface area contributed by atoms with E-state index in [1.165, 1.54) is 25.6 Å². The van der Waals surface area contributed by atoms with Crippen molar-refractivity contribution in [3.8, 4) is 5.75 Å². The van der Waals surface area contributed by atoms with Gasteiger partial charge in [0.15, 0.2) is 23.0 Å². The highest BCUT2D eigenvalue weighted by Gasteiger charge is 2.10. The number of nitrogen functional groups attached to an aromatic ring is 1. The summed E-state index contributed by atoms with van der Waals surface area (Å²) in [4.78, 5) is 15.0. The number of hydrogen-bond donors (Lipinski definition) is 3. The minimum absolute atomic E-state index is 0.0843. The number of methoxy groups -OCH3 is 1. The molecule has 0 amide bonds. The van der Waals surface area contributed by atoms with Gasteiger partial charge >= 0.3 is 0 Å². The molecule has 0 fully saturated rings. The van der Waals surface area contributed by atoms with Crippen LogP contribution in [0.4, 0.5) is 21.8 Å². The number of nitrogens with one attached hydrogen (secondary N) is 2. The van der Waals surface area contributed by atoms with Crippen LogP contribution >= 0.6 is 0 Å². The first kappa shape index (κ1) is 12.2. The van der Waals surface area contributed by atoms with Gasteiger partial charge in [-0.25, -0.2) is 9.37 Å². The van der Waals surface area contributed by atoms with Gasteiger partial charge in [0.2, 0.25) is 5.95 Å². The van der Waals surface area contributed by atoms with Crippen LogP contribution in [0.1, 0.15) is 0 Å². The number of anilines is 3. The molecule has 0 spiro atoms. The molecule has 4 N–H and O–H groups in total. The van der Waals surface area contributed by atoms with Crippen molar-refractivity contribution in [1.29, 1.82) is 0 Å². The minimum Gasteiger partial charge on any atom is -0.494 e. The van der Waals surface area contributed by atoms with Gasteiger partial charge in [0, 0.05) is 11.8 Å². The van der Waals surface area contributed by atoms with Gasteiger partial charge in [-0.05, 0) is 12.1 Å². The number of aromatic amines is 1. The lowest BCUT2D eigenvalue weighted by atomic mass is 10.3. The van der Waals surface area contributed by atoms with Crippen LogP contribution in [0.5, 0.6) is 5.75 Å². The van der Waals surface area contributed by atoms with Crippen LogP contribution in [-0.4, -0.2) is 27.0 Å². The Morgan fingerprint density at radius 1 is 1.35 bits per heavy atom. The van der Waals surface area contributed by atoms with E-state index in [9.17, 15) is 4.39 Å². The number of nitrogens with two attached hydrogens (primary N) is 1. The molecule has 8 heteroatoms. The fourth-order valence-corrected chi connectivity index (χ4v) is 1.82. The highest BCUT2D eigenvalue weighted by molar-refractivity contribution is 5.85. The van der Waals surface area contributed by atoms with Crippen molar-refractivity contribution in [2.24, 2.45) is 0 Å². The Morgan fingerprint density at radius 2 is 2.20 bits per heavy atom. The van der Waals surface area contributed by atoms with Crippen molar-refractivity contribution in [3.63, 3.8) is 0 Å². The standard InChI is InChI=1S/C12H11FN6O/c1-20-8-3-2-6(4-7(8)13)17-11-9-10(16-5-15-9)18-12(14)19-11/h2-5H,1H3,(H4,14,15,16,17,18,19). The topological polar surface area (TPSA) is 102 Å². The molecule has 0 saturated carbocycles. The first-order chi connectivity index (χ1) is 9.67. The predicted octanol–water partition coefficient (Wildman–Crippen LogP) is 1.83. The van der Waals surface area contributed by atoms with Gasteiger partial charge in [-0.15, -0.1) is 0 Å². The maximum atomic E-state index is 13.6. The van der Waals surface area contributed by atoms with Crippen molar-refractivity contribution in [3.05, 3.63) is 30.3 Å². The normalized spacial score (nSPS) is 10.7. The number of halogens is 1. The smallest absolute Gasteiger partial charge is 0.224 e. The summed E-state index contributed by atoms with van der Waals surface area (Å²) in [7, 11) is 1.41. The zero-order chi connectivity index (χ0) is 14.1. The molecule has 102 valence electrons. The lowest BCUT2D eigenvalue weighted by molar-refractivity contribution is 0.386. The molecule has 0 bridgehead atoms. The number of ether oxygens (including phenoxy) is 1. The molecule has 0 aliphatic carbocycles. The maximum Gasteiger partial charge on any atom is 0.224 e. The van der Waals surface area contributed by atoms with E-state index in [-0.39, 0.29) is 11.7 Å². The van der Waals surface area contributed by atoms with Crippen LogP contribution in [-0.2, 0) is 0 Å². The Morgan fingerprint density at radius 3 is 2.95 bits per heavy atom. The molecule has 0 aliphatic rings. The Hall–Kier alpha value is -2.90. The molecular formula is C12H11FN6O. The predicted molar refractivity (Wildman–Crippen MR) is 72.3 cm³/mol. The van der Waals surface area contributed by atoms with Gasteiger partial charge in [-0.3, -0.25) is 0 Å². The Labute approximate surface area is 113 Å². The van der Waals surface area contributed by atoms with E-state index in [1.54, 1.807) is 6.07 Å². The summed E-state index contributed by atoms with van der Waals surface area (Å²) in [6.07, 6.45) is 1.48. The second-order valence-electron chi connectivity index (χ2n) is 4.01. The molecule has 1 aromatic carbocycles. The molecule has 0 saturated heterocycles. The lowest BCUT2D eigenvalue weighted by Crippen LogP contribution is -2.01. The lowest BCUT2D eigenvalue weighted by Gasteiger charge is -2.08. The summed E-state index contributed by atoms with van der Waals surface area (Å²) < 4.78 is 18.5. The molecule has 2 aromatic heterocycles. The van der Waals surface area contributed by atoms with Gasteiger partial charge < -0.3 is 20.8 Å². The first-order valence-electron chi connectivity index (χ1n) is 5.74. The molecular weight excluding hydrogens is 263 g/mol. The summed E-state index contributed by atoms with van der Waals surface area (Å²) >= 11 is 0. The van der Waals surface area contributed by atoms with Crippen molar-refractivity contribution in [1.82, 2.24) is 19.9 Å². The molecule has 0 aliphatic heterocycles. The van der Waals surface area contributed by atoms with Crippen LogP contribution in [0, 0.1) is 5.82 Å². The van der Waals surface area contributed by atoms with E-state index in [0.717, 1.165) is 0 Å². The van der Waals surface area contributed by atoms with Gasteiger partial charge in [0.05, 0.1) is 13.4 Å². The van der Waals surface area contributed by atoms with Gasteiger partial charge in [-0.2, -0.15) is 9.97 Å². The van der Waals surface area contributed by atoms with Gasteiger partial charge in [-0.1, -0.05) is 0 Å². The van der Waals surface area contributed by atoms with Crippen LogP contribution in [0.3, 0.4) is 0 Å². The van der Waals surface area contributed by atoms with Crippen LogP contribution in [0.25, 0.3) is 11.2 Å². The van der Waals surface area contributed by atoms with Gasteiger partial charge in [0.25, 0.3) is 0 Å². The number of imidazole rings is 1. The average molecular weight is 274 g/mol. The monoisotopic (exact) mass is 274 g/mol. The summed E-state index contributed by atoms with van der Waals surface area (Å²) in [5, 5.41) is 2.97. The SMILES string of the molecule is COc1ccc(Nc2nc(N)nc3nc[nH]c23)cc1F. The third-order valence-corrected chi connectivity index (χ3v) is 2.72. The molecule has 3 rings (SSSR count). The van der Waals surface area contributed by atoms with Crippen LogP contribution < -0.4 is 15.8 Å². The Balaban J connectivity index is 2.00. The molecule has 0 radical (unpaired) electrons. The summed E-state index contributed by atoms with van der Waals surface area (Å²) in [6, 6.07) is 4.49. The number of H-pyrrole nitrogens is 1. The second-order valence-corrected chi connectivity index (χ2v) is 4.01. The fourth-order valence-electron chi connectivity index (χ4n) is 1.82. The number of nitrogens with zero attached hydrogens (tertiary/aromatic N) is 3. The Bertz CT molecular complexity index is 772. The quantitative estimate of drug-likeness (QED) is 0.673. The Kier molecular flexibility index (Phi) is 2.82. The largest absolute Gasteiger partial charge is 0.494 e. The highest BCUT2D eigenvalue weighted by Crippen LogP contribution is 2.25. The average Bonchev–Trinajstić information content (AvgIpc) is 2.87. The molecule has 3 aromatic rings. The van der Waals surface area contributed by atoms with E-state index < -0.39 is 5.82 Å². The zero-order valence-electron chi connectivity index (χ0n) is 10.5. The van der Waals surface area contributed by atoms with Crippen molar-refractivity contribution >= 4 is 28.6 Å². The summed E-state index contributed by atoms with van der Waals surface area (Å²) in [6.45, 7) is 0. The number of hydrogen-bond acceptors (Lipinski definition) is 6. The number of aromatic nitrogens is 4. The highest BCUT2D eigenvalue weighted by atomic mass is 19.1. The number of fused-ring (bicyclic) bond motifs is 1. The molecule has 7 nitrogen and oxygen atoms in total. The first-order valence-corrected chi connectivity index (χ1v) is 5.74.